The predicted octanol–water partition coefficient (Wildman–Crippen LogP) is 1.04. The van der Waals surface area contributed by atoms with E-state index < -0.39 is 0 Å². The van der Waals surface area contributed by atoms with Crippen molar-refractivity contribution in [2.24, 2.45) is 5.73 Å². The summed E-state index contributed by atoms with van der Waals surface area (Å²) in [6.45, 7) is 1.34. The van der Waals surface area contributed by atoms with Crippen LogP contribution in [0.2, 0.25) is 0 Å². The summed E-state index contributed by atoms with van der Waals surface area (Å²) >= 11 is 0. The van der Waals surface area contributed by atoms with Crippen molar-refractivity contribution in [2.75, 3.05) is 13.1 Å². The van der Waals surface area contributed by atoms with E-state index in [4.69, 9.17) is 12.2 Å². The smallest absolute Gasteiger partial charge is 0.220 e. The number of nitrogens with one attached hydrogen (secondary N) is 1. The fourth-order valence-electron chi connectivity index (χ4n) is 1.15. The van der Waals surface area contributed by atoms with Gasteiger partial charge in [-0.3, -0.25) is 4.79 Å². The Morgan fingerprint density at radius 3 is 2.64 bits per heavy atom. The van der Waals surface area contributed by atoms with Crippen molar-refractivity contribution in [3.05, 3.63) is 0 Å². The third-order valence-corrected chi connectivity index (χ3v) is 1.95. The van der Waals surface area contributed by atoms with Crippen molar-refractivity contribution in [2.45, 2.75) is 38.5 Å². The van der Waals surface area contributed by atoms with Gasteiger partial charge in [-0.2, -0.15) is 0 Å². The molecule has 0 aromatic carbocycles. The Morgan fingerprint density at radius 2 is 2.00 bits per heavy atom. The lowest BCUT2D eigenvalue weighted by molar-refractivity contribution is -0.121. The molecule has 0 unspecified atom stereocenters. The van der Waals surface area contributed by atoms with Crippen LogP contribution in [0, 0.1) is 12.3 Å². The minimum Gasteiger partial charge on any atom is -0.355 e. The van der Waals surface area contributed by atoms with Crippen LogP contribution in [0.4, 0.5) is 0 Å². The summed E-state index contributed by atoms with van der Waals surface area (Å²) in [6, 6.07) is 0. The number of nitrogens with two attached hydrogens (primary N) is 1. The molecular formula is C11H20N2O. The van der Waals surface area contributed by atoms with Crippen LogP contribution in [0.5, 0.6) is 0 Å². The van der Waals surface area contributed by atoms with E-state index in [9.17, 15) is 4.79 Å². The van der Waals surface area contributed by atoms with E-state index in [0.717, 1.165) is 32.2 Å². The van der Waals surface area contributed by atoms with Gasteiger partial charge < -0.3 is 11.1 Å². The van der Waals surface area contributed by atoms with E-state index in [0.29, 0.717) is 19.4 Å². The van der Waals surface area contributed by atoms with E-state index in [-0.39, 0.29) is 5.91 Å². The first-order chi connectivity index (χ1) is 6.81. The first kappa shape index (κ1) is 13.0. The largest absolute Gasteiger partial charge is 0.355 e. The predicted molar refractivity (Wildman–Crippen MR) is 58.6 cm³/mol. The molecule has 0 fully saturated rings. The Kier molecular flexibility index (Phi) is 9.35. The second-order valence-electron chi connectivity index (χ2n) is 3.26. The third-order valence-electron chi connectivity index (χ3n) is 1.95. The van der Waals surface area contributed by atoms with Crippen LogP contribution in [0.3, 0.4) is 0 Å². The first-order valence-corrected chi connectivity index (χ1v) is 5.21. The summed E-state index contributed by atoms with van der Waals surface area (Å²) in [5, 5.41) is 2.77. The minimum atomic E-state index is 0.105. The lowest BCUT2D eigenvalue weighted by Gasteiger charge is -2.02. The quantitative estimate of drug-likeness (QED) is 0.450. The molecule has 3 N–H and O–H groups in total. The van der Waals surface area contributed by atoms with Crippen molar-refractivity contribution in [1.29, 1.82) is 0 Å². The third kappa shape index (κ3) is 9.08. The van der Waals surface area contributed by atoms with Crippen molar-refractivity contribution >= 4 is 5.91 Å². The molecule has 0 bridgehead atoms. The molecule has 0 rings (SSSR count). The highest BCUT2D eigenvalue weighted by Crippen LogP contribution is 2.01. The molecule has 1 amide bonds. The summed E-state index contributed by atoms with van der Waals surface area (Å²) in [7, 11) is 0. The maximum absolute atomic E-state index is 11.1. The van der Waals surface area contributed by atoms with Gasteiger partial charge in [-0.05, 0) is 19.4 Å². The molecule has 3 nitrogen and oxygen atoms in total. The molecule has 0 aliphatic heterocycles. The number of amides is 1. The highest BCUT2D eigenvalue weighted by atomic mass is 16.1. The molecule has 0 spiro atoms. The van der Waals surface area contributed by atoms with Gasteiger partial charge in [0.25, 0.3) is 0 Å². The Morgan fingerprint density at radius 1 is 1.29 bits per heavy atom. The number of terminal acetylenes is 1. The molecule has 0 aliphatic rings. The second-order valence-corrected chi connectivity index (χ2v) is 3.26. The zero-order chi connectivity index (χ0) is 10.6. The number of carbonyl (C=O) groups is 1. The van der Waals surface area contributed by atoms with Crippen LogP contribution in [0.1, 0.15) is 38.5 Å². The molecule has 0 aliphatic carbocycles. The van der Waals surface area contributed by atoms with E-state index >= 15 is 0 Å². The van der Waals surface area contributed by atoms with Crippen molar-refractivity contribution < 1.29 is 4.79 Å². The normalized spacial score (nSPS) is 9.43. The van der Waals surface area contributed by atoms with Crippen LogP contribution in [-0.4, -0.2) is 19.0 Å². The molecule has 0 saturated carbocycles. The van der Waals surface area contributed by atoms with E-state index in [1.54, 1.807) is 0 Å². The lowest BCUT2D eigenvalue weighted by Crippen LogP contribution is -2.23. The average molecular weight is 196 g/mol. The fourth-order valence-corrected chi connectivity index (χ4v) is 1.15. The second kappa shape index (κ2) is 10.1. The number of hydrogen-bond acceptors (Lipinski definition) is 2. The molecule has 0 heterocycles. The van der Waals surface area contributed by atoms with Crippen LogP contribution in [0.15, 0.2) is 0 Å². The van der Waals surface area contributed by atoms with Gasteiger partial charge in [0.1, 0.15) is 0 Å². The number of hydrogen-bond donors (Lipinski definition) is 2. The summed E-state index contributed by atoms with van der Waals surface area (Å²) in [5.41, 5.74) is 5.35. The molecule has 0 saturated heterocycles. The van der Waals surface area contributed by atoms with Gasteiger partial charge in [0.2, 0.25) is 5.91 Å². The summed E-state index contributed by atoms with van der Waals surface area (Å²) < 4.78 is 0. The molecule has 14 heavy (non-hydrogen) atoms. The van der Waals surface area contributed by atoms with Gasteiger partial charge in [-0.25, -0.2) is 0 Å². The number of rotatable bonds is 8. The molecule has 3 heteroatoms. The Labute approximate surface area is 86.4 Å². The molecule has 0 aromatic heterocycles. The molecule has 0 aromatic rings. The SMILES string of the molecule is C#CCCNC(=O)CCCCCCN. The van der Waals surface area contributed by atoms with Crippen LogP contribution >= 0.6 is 0 Å². The Balaban J connectivity index is 3.15. The van der Waals surface area contributed by atoms with E-state index in [2.05, 4.69) is 11.2 Å². The summed E-state index contributed by atoms with van der Waals surface area (Å²) in [6.07, 6.45) is 10.5. The Bertz CT molecular complexity index is 184. The van der Waals surface area contributed by atoms with Crippen LogP contribution in [-0.2, 0) is 4.79 Å². The van der Waals surface area contributed by atoms with Crippen molar-refractivity contribution in [3.63, 3.8) is 0 Å². The van der Waals surface area contributed by atoms with Gasteiger partial charge >= 0.3 is 0 Å². The topological polar surface area (TPSA) is 55.1 Å². The molecular weight excluding hydrogens is 176 g/mol. The number of carbonyl (C=O) groups excluding carboxylic acids is 1. The zero-order valence-electron chi connectivity index (χ0n) is 8.72. The number of unbranched alkanes of at least 4 members (excludes halogenated alkanes) is 3. The van der Waals surface area contributed by atoms with Gasteiger partial charge in [0, 0.05) is 19.4 Å². The van der Waals surface area contributed by atoms with Crippen LogP contribution < -0.4 is 11.1 Å². The standard InChI is InChI=1S/C11H20N2O/c1-2-3-10-13-11(14)8-6-4-5-7-9-12/h1H,3-10,12H2,(H,13,14). The van der Waals surface area contributed by atoms with Gasteiger partial charge in [-0.1, -0.05) is 12.8 Å². The molecule has 80 valence electrons. The summed E-state index contributed by atoms with van der Waals surface area (Å²) in [4.78, 5) is 11.1. The minimum absolute atomic E-state index is 0.105. The lowest BCUT2D eigenvalue weighted by atomic mass is 10.1. The van der Waals surface area contributed by atoms with Gasteiger partial charge in [0.15, 0.2) is 0 Å². The highest BCUT2D eigenvalue weighted by molar-refractivity contribution is 5.75. The fraction of sp³-hybridized carbons (Fsp3) is 0.727. The zero-order valence-corrected chi connectivity index (χ0v) is 8.72. The van der Waals surface area contributed by atoms with Gasteiger partial charge in [0.05, 0.1) is 0 Å². The van der Waals surface area contributed by atoms with E-state index in [1.165, 1.54) is 0 Å². The van der Waals surface area contributed by atoms with Crippen molar-refractivity contribution in [1.82, 2.24) is 5.32 Å². The molecule has 0 atom stereocenters. The maximum atomic E-state index is 11.1. The monoisotopic (exact) mass is 196 g/mol. The maximum Gasteiger partial charge on any atom is 0.220 e. The first-order valence-electron chi connectivity index (χ1n) is 5.21. The van der Waals surface area contributed by atoms with E-state index in [1.807, 2.05) is 0 Å². The average Bonchev–Trinajstić information content (AvgIpc) is 2.18. The molecule has 0 radical (unpaired) electrons. The van der Waals surface area contributed by atoms with Crippen molar-refractivity contribution in [3.8, 4) is 12.3 Å². The van der Waals surface area contributed by atoms with Gasteiger partial charge in [-0.15, -0.1) is 12.3 Å². The summed E-state index contributed by atoms with van der Waals surface area (Å²) in [5.74, 6) is 2.58. The van der Waals surface area contributed by atoms with Crippen LogP contribution in [0.25, 0.3) is 0 Å². The highest BCUT2D eigenvalue weighted by Gasteiger charge is 1.98. The Hall–Kier alpha value is -1.01.